The summed E-state index contributed by atoms with van der Waals surface area (Å²) in [5, 5.41) is 10.0. The molecule has 0 bridgehead atoms. The van der Waals surface area contributed by atoms with Gasteiger partial charge in [0.25, 0.3) is 0 Å². The van der Waals surface area contributed by atoms with Crippen LogP contribution >= 0.6 is 11.6 Å². The van der Waals surface area contributed by atoms with E-state index in [4.69, 9.17) is 16.3 Å². The summed E-state index contributed by atoms with van der Waals surface area (Å²) in [5.41, 5.74) is 1.81. The van der Waals surface area contributed by atoms with Crippen LogP contribution in [-0.2, 0) is 4.79 Å². The molecule has 0 fully saturated rings. The first-order valence-electron chi connectivity index (χ1n) is 7.28. The predicted molar refractivity (Wildman–Crippen MR) is 93.8 cm³/mol. The third-order valence-electron chi connectivity index (χ3n) is 3.57. The molecule has 0 saturated heterocycles. The largest absolute Gasteiger partial charge is 0.504 e. The van der Waals surface area contributed by atoms with Gasteiger partial charge in [0, 0.05) is 10.6 Å². The number of ether oxygens (including phenoxy) is 1. The van der Waals surface area contributed by atoms with Crippen LogP contribution in [0.4, 0.5) is 0 Å². The third kappa shape index (κ3) is 4.24. The number of hydrogen-bond acceptors (Lipinski definition) is 4. The average molecular weight is 345 g/mol. The van der Waals surface area contributed by atoms with E-state index in [1.807, 2.05) is 0 Å². The molecule has 1 N–H and O–H groups in total. The lowest BCUT2D eigenvalue weighted by Crippen LogP contribution is -2.07. The second kappa shape index (κ2) is 7.79. The van der Waals surface area contributed by atoms with Gasteiger partial charge in [-0.3, -0.25) is 9.59 Å². The van der Waals surface area contributed by atoms with Crippen LogP contribution in [0.1, 0.15) is 27.9 Å². The van der Waals surface area contributed by atoms with Gasteiger partial charge in [-0.25, -0.2) is 0 Å². The van der Waals surface area contributed by atoms with Crippen LogP contribution in [0.15, 0.2) is 42.5 Å². The molecular weight excluding hydrogens is 328 g/mol. The molecule has 0 aromatic heterocycles. The van der Waals surface area contributed by atoms with E-state index in [-0.39, 0.29) is 23.7 Å². The van der Waals surface area contributed by atoms with E-state index in [1.165, 1.54) is 19.3 Å². The van der Waals surface area contributed by atoms with Crippen molar-refractivity contribution >= 4 is 29.2 Å². The van der Waals surface area contributed by atoms with Crippen molar-refractivity contribution in [3.05, 3.63) is 64.2 Å². The number of carbonyl (C=O) groups excluding carboxylic acids is 2. The molecule has 0 heterocycles. The van der Waals surface area contributed by atoms with Crippen LogP contribution in [0.3, 0.4) is 0 Å². The summed E-state index contributed by atoms with van der Waals surface area (Å²) in [6, 6.07) is 9.76. The molecule has 2 aromatic carbocycles. The molecule has 0 aliphatic heterocycles. The zero-order valence-corrected chi connectivity index (χ0v) is 14.1. The Hall–Kier alpha value is -2.59. The van der Waals surface area contributed by atoms with Crippen LogP contribution in [-0.4, -0.2) is 23.8 Å². The Bertz CT molecular complexity index is 809. The van der Waals surface area contributed by atoms with E-state index in [9.17, 15) is 14.7 Å². The van der Waals surface area contributed by atoms with Gasteiger partial charge >= 0.3 is 0 Å². The first-order valence-corrected chi connectivity index (χ1v) is 7.66. The maximum atomic E-state index is 12.2. The van der Waals surface area contributed by atoms with Gasteiger partial charge in [0.2, 0.25) is 0 Å². The van der Waals surface area contributed by atoms with E-state index in [1.54, 1.807) is 43.3 Å². The zero-order chi connectivity index (χ0) is 17.7. The van der Waals surface area contributed by atoms with Gasteiger partial charge in [0.15, 0.2) is 23.1 Å². The second-order valence-corrected chi connectivity index (χ2v) is 5.65. The van der Waals surface area contributed by atoms with Gasteiger partial charge in [0.05, 0.1) is 13.5 Å². The Labute approximate surface area is 145 Å². The topological polar surface area (TPSA) is 63.6 Å². The normalized spacial score (nSPS) is 10.8. The highest BCUT2D eigenvalue weighted by Gasteiger charge is 2.13. The standard InChI is InChI=1S/C19H17ClO4/c1-12-15(4-3-5-16(12)20)18(23)11-14(21)8-6-13-7-9-17(22)19(10-13)24-2/h3-10,22H,11H2,1-2H3. The number of benzene rings is 2. The van der Waals surface area contributed by atoms with Crippen molar-refractivity contribution in [1.29, 1.82) is 0 Å². The van der Waals surface area contributed by atoms with Crippen molar-refractivity contribution < 1.29 is 19.4 Å². The molecule has 2 rings (SSSR count). The van der Waals surface area contributed by atoms with Crippen LogP contribution in [0.2, 0.25) is 5.02 Å². The summed E-state index contributed by atoms with van der Waals surface area (Å²) in [4.78, 5) is 24.2. The number of carbonyl (C=O) groups is 2. The maximum absolute atomic E-state index is 12.2. The monoisotopic (exact) mass is 344 g/mol. The van der Waals surface area contributed by atoms with Crippen molar-refractivity contribution in [2.75, 3.05) is 7.11 Å². The quantitative estimate of drug-likeness (QED) is 0.484. The summed E-state index contributed by atoms with van der Waals surface area (Å²) in [5.74, 6) is -0.248. The van der Waals surface area contributed by atoms with E-state index in [0.717, 1.165) is 0 Å². The Kier molecular flexibility index (Phi) is 5.77. The summed E-state index contributed by atoms with van der Waals surface area (Å²) in [6.45, 7) is 1.75. The fourth-order valence-electron chi connectivity index (χ4n) is 2.21. The minimum absolute atomic E-state index is 0.0209. The lowest BCUT2D eigenvalue weighted by Gasteiger charge is -2.05. The van der Waals surface area contributed by atoms with Crippen LogP contribution in [0.5, 0.6) is 11.5 Å². The van der Waals surface area contributed by atoms with Crippen LogP contribution in [0.25, 0.3) is 6.08 Å². The molecule has 2 aromatic rings. The third-order valence-corrected chi connectivity index (χ3v) is 3.98. The Morgan fingerprint density at radius 3 is 2.71 bits per heavy atom. The Morgan fingerprint density at radius 2 is 2.00 bits per heavy atom. The molecule has 0 saturated carbocycles. The van der Waals surface area contributed by atoms with Crippen molar-refractivity contribution in [2.45, 2.75) is 13.3 Å². The highest BCUT2D eigenvalue weighted by Crippen LogP contribution is 2.26. The fourth-order valence-corrected chi connectivity index (χ4v) is 2.38. The number of phenolic OH excluding ortho intramolecular Hbond substituents is 1. The number of Topliss-reactive ketones (excluding diaryl/α,β-unsaturated/α-hetero) is 1. The number of allylic oxidation sites excluding steroid dienone is 1. The van der Waals surface area contributed by atoms with Crippen molar-refractivity contribution in [1.82, 2.24) is 0 Å². The SMILES string of the molecule is COc1cc(C=CC(=O)CC(=O)c2cccc(Cl)c2C)ccc1O. The van der Waals surface area contributed by atoms with Gasteiger partial charge in [-0.05, 0) is 42.3 Å². The minimum atomic E-state index is -0.314. The second-order valence-electron chi connectivity index (χ2n) is 5.24. The Morgan fingerprint density at radius 1 is 1.25 bits per heavy atom. The Balaban J connectivity index is 2.07. The van der Waals surface area contributed by atoms with Crippen LogP contribution in [0, 0.1) is 6.92 Å². The molecule has 0 aliphatic carbocycles. The molecule has 0 spiro atoms. The lowest BCUT2D eigenvalue weighted by molar-refractivity contribution is -0.113. The number of aromatic hydroxyl groups is 1. The molecule has 0 aliphatic rings. The molecule has 4 nitrogen and oxygen atoms in total. The highest BCUT2D eigenvalue weighted by molar-refractivity contribution is 6.32. The van der Waals surface area contributed by atoms with Crippen molar-refractivity contribution in [2.24, 2.45) is 0 Å². The summed E-state index contributed by atoms with van der Waals surface area (Å²) < 4.78 is 5.00. The molecule has 0 atom stereocenters. The number of ketones is 2. The number of rotatable bonds is 6. The molecule has 5 heteroatoms. The van der Waals surface area contributed by atoms with Gasteiger partial charge < -0.3 is 9.84 Å². The molecule has 0 amide bonds. The number of methoxy groups -OCH3 is 1. The van der Waals surface area contributed by atoms with Crippen molar-refractivity contribution in [3.8, 4) is 11.5 Å². The minimum Gasteiger partial charge on any atom is -0.504 e. The summed E-state index contributed by atoms with van der Waals surface area (Å²) >= 11 is 5.99. The predicted octanol–water partition coefficient (Wildman–Crippen LogP) is 4.22. The summed E-state index contributed by atoms with van der Waals surface area (Å²) in [7, 11) is 1.44. The average Bonchev–Trinajstić information content (AvgIpc) is 2.56. The van der Waals surface area contributed by atoms with E-state index < -0.39 is 0 Å². The van der Waals surface area contributed by atoms with Gasteiger partial charge in [-0.1, -0.05) is 35.9 Å². The van der Waals surface area contributed by atoms with Gasteiger partial charge in [0.1, 0.15) is 0 Å². The molecule has 24 heavy (non-hydrogen) atoms. The first-order chi connectivity index (χ1) is 11.4. The van der Waals surface area contributed by atoms with Gasteiger partial charge in [-0.15, -0.1) is 0 Å². The number of halogens is 1. The number of phenols is 1. The lowest BCUT2D eigenvalue weighted by atomic mass is 10.0. The van der Waals surface area contributed by atoms with Gasteiger partial charge in [-0.2, -0.15) is 0 Å². The van der Waals surface area contributed by atoms with E-state index >= 15 is 0 Å². The van der Waals surface area contributed by atoms with E-state index in [0.29, 0.717) is 27.5 Å². The maximum Gasteiger partial charge on any atom is 0.170 e. The van der Waals surface area contributed by atoms with E-state index in [2.05, 4.69) is 0 Å². The summed E-state index contributed by atoms with van der Waals surface area (Å²) in [6.07, 6.45) is 2.68. The molecule has 0 radical (unpaired) electrons. The first kappa shape index (κ1) is 17.8. The molecule has 124 valence electrons. The van der Waals surface area contributed by atoms with Crippen LogP contribution < -0.4 is 4.74 Å². The van der Waals surface area contributed by atoms with Crippen molar-refractivity contribution in [3.63, 3.8) is 0 Å². The molecular formula is C19H17ClO4. The fraction of sp³-hybridized carbons (Fsp3) is 0.158. The number of hydrogen-bond donors (Lipinski definition) is 1. The molecule has 0 unspecified atom stereocenters. The zero-order valence-electron chi connectivity index (χ0n) is 13.4. The smallest absolute Gasteiger partial charge is 0.170 e. The highest BCUT2D eigenvalue weighted by atomic mass is 35.5.